The highest BCUT2D eigenvalue weighted by Crippen LogP contribution is 2.42. The van der Waals surface area contributed by atoms with Crippen molar-refractivity contribution >= 4 is 16.7 Å². The van der Waals surface area contributed by atoms with Gasteiger partial charge in [-0.15, -0.1) is 0 Å². The van der Waals surface area contributed by atoms with E-state index in [4.69, 9.17) is 10.5 Å². The molecule has 0 aliphatic rings. The third-order valence-corrected chi connectivity index (χ3v) is 5.21. The highest BCUT2D eigenvalue weighted by Gasteiger charge is 2.56. The molecule has 0 radical (unpaired) electrons. The second kappa shape index (κ2) is 8.01. The lowest BCUT2D eigenvalue weighted by molar-refractivity contribution is -0.280. The third-order valence-electron chi connectivity index (χ3n) is 5.21. The minimum absolute atomic E-state index is 0.214. The van der Waals surface area contributed by atoms with E-state index in [0.717, 1.165) is 12.1 Å². The van der Waals surface area contributed by atoms with Gasteiger partial charge < -0.3 is 20.6 Å². The van der Waals surface area contributed by atoms with Gasteiger partial charge in [0.1, 0.15) is 17.4 Å². The van der Waals surface area contributed by atoms with Crippen LogP contribution < -0.4 is 15.8 Å². The molecule has 3 aromatic rings. The number of halogens is 4. The molecule has 0 saturated heterocycles. The number of rotatable bonds is 7. The SMILES string of the molecule is COc1ccc(F)cc1C(C)(C)CC(O)(NCc1cc2cc(N)ncc2[nH]1)C(F)(F)F. The van der Waals surface area contributed by atoms with Gasteiger partial charge in [-0.25, -0.2) is 9.37 Å². The minimum Gasteiger partial charge on any atom is -0.496 e. The molecule has 168 valence electrons. The van der Waals surface area contributed by atoms with Crippen molar-refractivity contribution in [2.24, 2.45) is 0 Å². The molecule has 31 heavy (non-hydrogen) atoms. The molecule has 0 saturated carbocycles. The van der Waals surface area contributed by atoms with Gasteiger partial charge in [0, 0.05) is 29.6 Å². The van der Waals surface area contributed by atoms with E-state index >= 15 is 0 Å². The fraction of sp³-hybridized carbons (Fsp3) is 0.381. The Morgan fingerprint density at radius 1 is 1.19 bits per heavy atom. The summed E-state index contributed by atoms with van der Waals surface area (Å²) in [5, 5.41) is 13.5. The topological polar surface area (TPSA) is 96.2 Å². The molecule has 1 aromatic carbocycles. The predicted octanol–water partition coefficient (Wildman–Crippen LogP) is 4.00. The number of fused-ring (bicyclic) bond motifs is 1. The number of ether oxygens (including phenoxy) is 1. The Hall–Kier alpha value is -2.85. The summed E-state index contributed by atoms with van der Waals surface area (Å²) in [7, 11) is 1.35. The number of benzene rings is 1. The van der Waals surface area contributed by atoms with Crippen LogP contribution in [0, 0.1) is 5.82 Å². The van der Waals surface area contributed by atoms with Gasteiger partial charge in [-0.3, -0.25) is 5.32 Å². The summed E-state index contributed by atoms with van der Waals surface area (Å²) < 4.78 is 60.7. The quantitative estimate of drug-likeness (QED) is 0.329. The molecule has 5 N–H and O–H groups in total. The van der Waals surface area contributed by atoms with Crippen molar-refractivity contribution in [3.8, 4) is 5.75 Å². The van der Waals surface area contributed by atoms with Gasteiger partial charge in [-0.05, 0) is 35.7 Å². The zero-order valence-electron chi connectivity index (χ0n) is 17.3. The van der Waals surface area contributed by atoms with Crippen LogP contribution in [-0.4, -0.2) is 34.1 Å². The molecule has 10 heteroatoms. The first-order chi connectivity index (χ1) is 14.3. The lowest BCUT2D eigenvalue weighted by Gasteiger charge is -2.38. The number of nitrogens with zero attached hydrogens (tertiary/aromatic N) is 1. The molecule has 1 atom stereocenters. The summed E-state index contributed by atoms with van der Waals surface area (Å²) in [5.74, 6) is -0.0985. The van der Waals surface area contributed by atoms with Crippen LogP contribution in [0.2, 0.25) is 0 Å². The Balaban J connectivity index is 1.88. The second-order valence-electron chi connectivity index (χ2n) is 8.11. The first-order valence-corrected chi connectivity index (χ1v) is 9.46. The molecule has 6 nitrogen and oxygen atoms in total. The fourth-order valence-electron chi connectivity index (χ4n) is 3.65. The highest BCUT2D eigenvalue weighted by molar-refractivity contribution is 5.81. The first kappa shape index (κ1) is 22.8. The third kappa shape index (κ3) is 4.75. The van der Waals surface area contributed by atoms with Crippen molar-refractivity contribution in [2.45, 2.75) is 44.1 Å². The fourth-order valence-corrected chi connectivity index (χ4v) is 3.65. The Labute approximate surface area is 176 Å². The second-order valence-corrected chi connectivity index (χ2v) is 8.11. The molecule has 0 aliphatic carbocycles. The van der Waals surface area contributed by atoms with E-state index < -0.39 is 29.6 Å². The van der Waals surface area contributed by atoms with Crippen molar-refractivity contribution in [2.75, 3.05) is 12.8 Å². The van der Waals surface area contributed by atoms with Crippen LogP contribution in [0.15, 0.2) is 36.5 Å². The van der Waals surface area contributed by atoms with Gasteiger partial charge >= 0.3 is 6.18 Å². The molecule has 0 amide bonds. The lowest BCUT2D eigenvalue weighted by atomic mass is 9.77. The number of hydrogen-bond acceptors (Lipinski definition) is 5. The van der Waals surface area contributed by atoms with Crippen LogP contribution >= 0.6 is 0 Å². The number of aromatic nitrogens is 2. The molecular formula is C21H24F4N4O2. The summed E-state index contributed by atoms with van der Waals surface area (Å²) in [4.78, 5) is 6.87. The van der Waals surface area contributed by atoms with E-state index in [1.807, 2.05) is 0 Å². The van der Waals surface area contributed by atoms with Crippen molar-refractivity contribution in [3.63, 3.8) is 0 Å². The number of methoxy groups -OCH3 is 1. The first-order valence-electron chi connectivity index (χ1n) is 9.46. The number of anilines is 1. The number of aliphatic hydroxyl groups is 1. The summed E-state index contributed by atoms with van der Waals surface area (Å²) in [6.07, 6.45) is -4.30. The zero-order chi connectivity index (χ0) is 23.0. The van der Waals surface area contributed by atoms with Crippen molar-refractivity contribution in [1.29, 1.82) is 0 Å². The average molecular weight is 440 g/mol. The summed E-state index contributed by atoms with van der Waals surface area (Å²) >= 11 is 0. The van der Waals surface area contributed by atoms with E-state index in [-0.39, 0.29) is 23.7 Å². The van der Waals surface area contributed by atoms with Crippen LogP contribution in [0.25, 0.3) is 10.9 Å². The number of pyridine rings is 1. The standard InChI is InChI=1S/C21H24F4N4O2/c1-19(2,15-8-13(22)4-5-17(15)31-3)11-20(30,21(23,24)25)28-9-14-6-12-7-18(26)27-10-16(12)29-14/h4-8,10,28-30H,9,11H2,1-3H3,(H2,26,27). The Morgan fingerprint density at radius 2 is 1.90 bits per heavy atom. The van der Waals surface area contributed by atoms with Gasteiger partial charge in [-0.1, -0.05) is 13.8 Å². The van der Waals surface area contributed by atoms with Gasteiger partial charge in [0.15, 0.2) is 0 Å². The molecule has 0 aliphatic heterocycles. The van der Waals surface area contributed by atoms with Gasteiger partial charge in [0.25, 0.3) is 0 Å². The largest absolute Gasteiger partial charge is 0.496 e. The monoisotopic (exact) mass is 440 g/mol. The van der Waals surface area contributed by atoms with Gasteiger partial charge in [-0.2, -0.15) is 13.2 Å². The van der Waals surface area contributed by atoms with Gasteiger partial charge in [0.2, 0.25) is 5.72 Å². The van der Waals surface area contributed by atoms with Crippen LogP contribution in [-0.2, 0) is 12.0 Å². The number of nitrogens with two attached hydrogens (primary N) is 1. The Morgan fingerprint density at radius 3 is 2.55 bits per heavy atom. The smallest absolute Gasteiger partial charge is 0.431 e. The number of aromatic amines is 1. The Kier molecular flexibility index (Phi) is 5.90. The van der Waals surface area contributed by atoms with Crippen LogP contribution in [0.3, 0.4) is 0 Å². The molecule has 0 fully saturated rings. The predicted molar refractivity (Wildman–Crippen MR) is 109 cm³/mol. The summed E-state index contributed by atoms with van der Waals surface area (Å²) in [5.41, 5.74) is 2.32. The normalized spacial score (nSPS) is 14.6. The lowest BCUT2D eigenvalue weighted by Crippen LogP contribution is -2.59. The van der Waals surface area contributed by atoms with E-state index in [1.54, 1.807) is 12.1 Å². The minimum atomic E-state index is -5.00. The van der Waals surface area contributed by atoms with Crippen molar-refractivity contribution in [3.05, 3.63) is 53.6 Å². The maximum atomic E-state index is 13.9. The van der Waals surface area contributed by atoms with Crippen LogP contribution in [0.5, 0.6) is 5.75 Å². The number of nitrogen functional groups attached to an aromatic ring is 1. The number of alkyl halides is 3. The zero-order valence-corrected chi connectivity index (χ0v) is 17.3. The van der Waals surface area contributed by atoms with Crippen LogP contribution in [0.4, 0.5) is 23.4 Å². The number of nitrogens with one attached hydrogen (secondary N) is 2. The molecule has 2 heterocycles. The summed E-state index contributed by atoms with van der Waals surface area (Å²) in [6.45, 7) is 2.67. The summed E-state index contributed by atoms with van der Waals surface area (Å²) in [6, 6.07) is 6.83. The average Bonchev–Trinajstić information content (AvgIpc) is 3.07. The van der Waals surface area contributed by atoms with E-state index in [9.17, 15) is 22.7 Å². The Bertz CT molecular complexity index is 1080. The van der Waals surface area contributed by atoms with E-state index in [0.29, 0.717) is 16.6 Å². The molecule has 1 unspecified atom stereocenters. The maximum absolute atomic E-state index is 13.9. The molecule has 2 aromatic heterocycles. The molecule has 0 spiro atoms. The number of H-pyrrole nitrogens is 1. The number of hydrogen-bond donors (Lipinski definition) is 4. The van der Waals surface area contributed by atoms with Crippen molar-refractivity contribution < 1.29 is 27.4 Å². The molecule has 3 rings (SSSR count). The van der Waals surface area contributed by atoms with E-state index in [1.165, 1.54) is 33.2 Å². The van der Waals surface area contributed by atoms with Gasteiger partial charge in [0.05, 0.1) is 18.8 Å². The maximum Gasteiger partial charge on any atom is 0.431 e. The van der Waals surface area contributed by atoms with Crippen LogP contribution in [0.1, 0.15) is 31.5 Å². The molecular weight excluding hydrogens is 416 g/mol. The van der Waals surface area contributed by atoms with Crippen molar-refractivity contribution in [1.82, 2.24) is 15.3 Å². The highest BCUT2D eigenvalue weighted by atomic mass is 19.4. The van der Waals surface area contributed by atoms with E-state index in [2.05, 4.69) is 15.3 Å². The molecule has 0 bridgehead atoms.